The van der Waals surface area contributed by atoms with Crippen LogP contribution in [0.3, 0.4) is 0 Å². The molecule has 1 N–H and O–H groups in total. The third-order valence-electron chi connectivity index (χ3n) is 3.73. The molecular formula is C13H23N3O2. The lowest BCUT2D eigenvalue weighted by Gasteiger charge is -2.29. The van der Waals surface area contributed by atoms with Crippen LogP contribution in [0.1, 0.15) is 32.1 Å². The summed E-state index contributed by atoms with van der Waals surface area (Å²) in [6, 6.07) is 0. The van der Waals surface area contributed by atoms with Crippen molar-refractivity contribution in [1.29, 1.82) is 0 Å². The van der Waals surface area contributed by atoms with Crippen molar-refractivity contribution in [1.82, 2.24) is 15.1 Å². The summed E-state index contributed by atoms with van der Waals surface area (Å²) in [5.74, 6) is 0.278. The molecule has 0 bridgehead atoms. The summed E-state index contributed by atoms with van der Waals surface area (Å²) >= 11 is 0. The van der Waals surface area contributed by atoms with Gasteiger partial charge in [0.15, 0.2) is 0 Å². The summed E-state index contributed by atoms with van der Waals surface area (Å²) in [4.78, 5) is 27.6. The number of nitrogens with zero attached hydrogens (tertiary/aromatic N) is 2. The highest BCUT2D eigenvalue weighted by Crippen LogP contribution is 2.11. The third-order valence-corrected chi connectivity index (χ3v) is 3.73. The van der Waals surface area contributed by atoms with Crippen LogP contribution in [0.2, 0.25) is 0 Å². The van der Waals surface area contributed by atoms with E-state index in [1.54, 1.807) is 0 Å². The van der Waals surface area contributed by atoms with Crippen LogP contribution in [0.25, 0.3) is 0 Å². The number of rotatable bonds is 3. The molecular weight excluding hydrogens is 230 g/mol. The lowest BCUT2D eigenvalue weighted by Crippen LogP contribution is -2.46. The van der Waals surface area contributed by atoms with E-state index in [1.807, 2.05) is 9.80 Å². The standard InChI is InChI=1S/C13H23N3O2/c17-12(15-8-2-1-3-9-15)4-5-13(18)16-10-6-14-7-11-16/h14H,1-11H2. The van der Waals surface area contributed by atoms with Crippen LogP contribution in [0, 0.1) is 0 Å². The van der Waals surface area contributed by atoms with Gasteiger partial charge < -0.3 is 15.1 Å². The van der Waals surface area contributed by atoms with Crippen LogP contribution in [0.4, 0.5) is 0 Å². The molecule has 2 aliphatic heterocycles. The zero-order valence-electron chi connectivity index (χ0n) is 11.0. The summed E-state index contributed by atoms with van der Waals surface area (Å²) in [5, 5.41) is 3.22. The van der Waals surface area contributed by atoms with E-state index in [0.29, 0.717) is 12.8 Å². The molecule has 0 aromatic rings. The minimum absolute atomic E-state index is 0.127. The van der Waals surface area contributed by atoms with Crippen molar-refractivity contribution in [2.24, 2.45) is 0 Å². The van der Waals surface area contributed by atoms with Crippen LogP contribution in [-0.4, -0.2) is 60.9 Å². The monoisotopic (exact) mass is 253 g/mol. The molecule has 0 unspecified atom stereocenters. The maximum absolute atomic E-state index is 11.9. The van der Waals surface area contributed by atoms with Crippen molar-refractivity contribution < 1.29 is 9.59 Å². The van der Waals surface area contributed by atoms with Gasteiger partial charge in [0.05, 0.1) is 0 Å². The number of piperazine rings is 1. The molecule has 0 spiro atoms. The fourth-order valence-corrected chi connectivity index (χ4v) is 2.59. The molecule has 0 atom stereocenters. The van der Waals surface area contributed by atoms with E-state index in [1.165, 1.54) is 6.42 Å². The number of amides is 2. The van der Waals surface area contributed by atoms with Crippen LogP contribution in [-0.2, 0) is 9.59 Å². The Balaban J connectivity index is 1.69. The number of likely N-dealkylation sites (tertiary alicyclic amines) is 1. The topological polar surface area (TPSA) is 52.7 Å². The number of nitrogens with one attached hydrogen (secondary N) is 1. The molecule has 0 radical (unpaired) electrons. The molecule has 0 aliphatic carbocycles. The minimum atomic E-state index is 0.127. The molecule has 18 heavy (non-hydrogen) atoms. The number of hydrogen-bond donors (Lipinski definition) is 1. The highest BCUT2D eigenvalue weighted by Gasteiger charge is 2.20. The Bertz CT molecular complexity index is 265. The Morgan fingerprint density at radius 2 is 1.28 bits per heavy atom. The van der Waals surface area contributed by atoms with Crippen molar-refractivity contribution in [3.05, 3.63) is 0 Å². The zero-order valence-corrected chi connectivity index (χ0v) is 11.0. The minimum Gasteiger partial charge on any atom is -0.343 e. The Morgan fingerprint density at radius 1 is 0.778 bits per heavy atom. The first-order valence-corrected chi connectivity index (χ1v) is 7.03. The SMILES string of the molecule is O=C(CCC(=O)N1CCNCC1)N1CCCCC1. The fraction of sp³-hybridized carbons (Fsp3) is 0.846. The molecule has 102 valence electrons. The molecule has 5 nitrogen and oxygen atoms in total. The zero-order chi connectivity index (χ0) is 12.8. The first-order chi connectivity index (χ1) is 8.77. The maximum Gasteiger partial charge on any atom is 0.223 e. The van der Waals surface area contributed by atoms with Gasteiger partial charge in [-0.05, 0) is 19.3 Å². The molecule has 2 saturated heterocycles. The summed E-state index contributed by atoms with van der Waals surface area (Å²) in [7, 11) is 0. The van der Waals surface area contributed by atoms with Crippen LogP contribution < -0.4 is 5.32 Å². The van der Waals surface area contributed by atoms with Gasteiger partial charge in [-0.2, -0.15) is 0 Å². The van der Waals surface area contributed by atoms with Crippen molar-refractivity contribution in [3.63, 3.8) is 0 Å². The lowest BCUT2D eigenvalue weighted by molar-refractivity contribution is -0.137. The molecule has 2 aliphatic rings. The summed E-state index contributed by atoms with van der Waals surface area (Å²) in [5.41, 5.74) is 0. The second-order valence-electron chi connectivity index (χ2n) is 5.07. The molecule has 2 heterocycles. The predicted octanol–water partition coefficient (Wildman–Crippen LogP) is 0.211. The van der Waals surface area contributed by atoms with Gasteiger partial charge in [0.2, 0.25) is 11.8 Å². The molecule has 2 fully saturated rings. The van der Waals surface area contributed by atoms with Crippen LogP contribution in [0.5, 0.6) is 0 Å². The van der Waals surface area contributed by atoms with Crippen LogP contribution >= 0.6 is 0 Å². The summed E-state index contributed by atoms with van der Waals surface area (Å²) in [6.07, 6.45) is 4.19. The number of piperidine rings is 1. The van der Waals surface area contributed by atoms with Crippen LogP contribution in [0.15, 0.2) is 0 Å². The van der Waals surface area contributed by atoms with Gasteiger partial charge in [-0.15, -0.1) is 0 Å². The largest absolute Gasteiger partial charge is 0.343 e. The Morgan fingerprint density at radius 3 is 1.83 bits per heavy atom. The fourth-order valence-electron chi connectivity index (χ4n) is 2.59. The van der Waals surface area contributed by atoms with Gasteiger partial charge in [-0.25, -0.2) is 0 Å². The summed E-state index contributed by atoms with van der Waals surface area (Å²) in [6.45, 7) is 5.03. The smallest absolute Gasteiger partial charge is 0.223 e. The molecule has 0 saturated carbocycles. The Labute approximate surface area is 108 Å². The normalized spacial score (nSPS) is 20.9. The van der Waals surface area contributed by atoms with E-state index in [0.717, 1.165) is 52.1 Å². The second-order valence-corrected chi connectivity index (χ2v) is 5.07. The first kappa shape index (κ1) is 13.3. The molecule has 0 aromatic heterocycles. The first-order valence-electron chi connectivity index (χ1n) is 7.03. The van der Waals surface area contributed by atoms with Gasteiger partial charge in [0.1, 0.15) is 0 Å². The van der Waals surface area contributed by atoms with Gasteiger partial charge in [0.25, 0.3) is 0 Å². The van der Waals surface area contributed by atoms with Gasteiger partial charge in [-0.1, -0.05) is 0 Å². The predicted molar refractivity (Wildman–Crippen MR) is 69.1 cm³/mol. The second kappa shape index (κ2) is 6.73. The molecule has 5 heteroatoms. The van der Waals surface area contributed by atoms with Gasteiger partial charge in [0, 0.05) is 52.1 Å². The average Bonchev–Trinajstić information content (AvgIpc) is 2.46. The van der Waals surface area contributed by atoms with E-state index in [4.69, 9.17) is 0 Å². The molecule has 0 aromatic carbocycles. The Hall–Kier alpha value is -1.10. The lowest BCUT2D eigenvalue weighted by atomic mass is 10.1. The molecule has 2 rings (SSSR count). The Kier molecular flexibility index (Phi) is 4.99. The summed E-state index contributed by atoms with van der Waals surface area (Å²) < 4.78 is 0. The van der Waals surface area contributed by atoms with Crippen molar-refractivity contribution in [2.75, 3.05) is 39.3 Å². The van der Waals surface area contributed by atoms with E-state index >= 15 is 0 Å². The maximum atomic E-state index is 11.9. The average molecular weight is 253 g/mol. The van der Waals surface area contributed by atoms with E-state index < -0.39 is 0 Å². The van der Waals surface area contributed by atoms with E-state index in [-0.39, 0.29) is 11.8 Å². The highest BCUT2D eigenvalue weighted by molar-refractivity contribution is 5.83. The van der Waals surface area contributed by atoms with E-state index in [9.17, 15) is 9.59 Å². The number of hydrogen-bond acceptors (Lipinski definition) is 3. The van der Waals surface area contributed by atoms with E-state index in [2.05, 4.69) is 5.32 Å². The number of carbonyl (C=O) groups excluding carboxylic acids is 2. The third kappa shape index (κ3) is 3.70. The van der Waals surface area contributed by atoms with Crippen molar-refractivity contribution >= 4 is 11.8 Å². The van der Waals surface area contributed by atoms with Gasteiger partial charge >= 0.3 is 0 Å². The molecule has 2 amide bonds. The van der Waals surface area contributed by atoms with Crippen molar-refractivity contribution in [3.8, 4) is 0 Å². The highest BCUT2D eigenvalue weighted by atomic mass is 16.2. The quantitative estimate of drug-likeness (QED) is 0.782. The van der Waals surface area contributed by atoms with Gasteiger partial charge in [-0.3, -0.25) is 9.59 Å². The number of carbonyl (C=O) groups is 2. The van der Waals surface area contributed by atoms with Crippen molar-refractivity contribution in [2.45, 2.75) is 32.1 Å².